The summed E-state index contributed by atoms with van der Waals surface area (Å²) in [5.74, 6) is 0. The van der Waals surface area contributed by atoms with Crippen LogP contribution in [0, 0.1) is 0 Å². The van der Waals surface area contributed by atoms with Crippen molar-refractivity contribution in [3.8, 4) is 0 Å². The maximum absolute atomic E-state index is 6.00. The molecule has 0 radical (unpaired) electrons. The van der Waals surface area contributed by atoms with E-state index in [-0.39, 0.29) is 0 Å². The zero-order chi connectivity index (χ0) is 7.89. The average Bonchev–Trinajstić information content (AvgIpc) is 2.07. The van der Waals surface area contributed by atoms with Gasteiger partial charge in [0.05, 0.1) is 0 Å². The molecule has 2 unspecified atom stereocenters. The standard InChI is InChI=1S/C6H12INP2/c1-3-4(2)6(10)7(8)5(3)9/h8-10H2,1-2H3. The molecule has 10 heavy (non-hydrogen) atoms. The Morgan fingerprint density at radius 3 is 1.50 bits per heavy atom. The van der Waals surface area contributed by atoms with Gasteiger partial charge in [-0.3, -0.25) is 0 Å². The monoisotopic (exact) mass is 287 g/mol. The third kappa shape index (κ3) is 1.32. The third-order valence-electron chi connectivity index (χ3n) is 1.72. The van der Waals surface area contributed by atoms with E-state index in [1.807, 2.05) is 0 Å². The quantitative estimate of drug-likeness (QED) is 0.413. The average molecular weight is 287 g/mol. The number of nitrogens with two attached hydrogens (primary N) is 1. The Hall–Kier alpha value is 1.03. The van der Waals surface area contributed by atoms with Crippen LogP contribution in [0.4, 0.5) is 0 Å². The Bertz CT molecular complexity index is 208. The second-order valence-electron chi connectivity index (χ2n) is 2.26. The van der Waals surface area contributed by atoms with Crippen LogP contribution in [0.3, 0.4) is 0 Å². The van der Waals surface area contributed by atoms with Gasteiger partial charge in [-0.2, -0.15) is 0 Å². The Morgan fingerprint density at radius 1 is 1.10 bits per heavy atom. The van der Waals surface area contributed by atoms with Gasteiger partial charge in [0.1, 0.15) is 0 Å². The van der Waals surface area contributed by atoms with Crippen molar-refractivity contribution in [3.63, 3.8) is 0 Å². The van der Waals surface area contributed by atoms with E-state index in [2.05, 4.69) is 32.3 Å². The summed E-state index contributed by atoms with van der Waals surface area (Å²) in [4.78, 5) is 0. The van der Waals surface area contributed by atoms with Gasteiger partial charge in [-0.25, -0.2) is 0 Å². The molecular weight excluding hydrogens is 275 g/mol. The van der Waals surface area contributed by atoms with Gasteiger partial charge in [-0.1, -0.05) is 0 Å². The van der Waals surface area contributed by atoms with Crippen molar-refractivity contribution in [3.05, 3.63) is 17.8 Å². The summed E-state index contributed by atoms with van der Waals surface area (Å²) in [6, 6.07) is 0. The molecule has 1 aliphatic heterocycles. The molecule has 0 aromatic heterocycles. The van der Waals surface area contributed by atoms with E-state index in [9.17, 15) is 0 Å². The van der Waals surface area contributed by atoms with Crippen molar-refractivity contribution in [1.82, 2.24) is 0 Å². The Morgan fingerprint density at radius 2 is 1.40 bits per heavy atom. The summed E-state index contributed by atoms with van der Waals surface area (Å²) in [5, 5.41) is 0. The van der Waals surface area contributed by atoms with Crippen LogP contribution in [0.5, 0.6) is 0 Å². The summed E-state index contributed by atoms with van der Waals surface area (Å²) in [5.41, 5.74) is 2.78. The summed E-state index contributed by atoms with van der Waals surface area (Å²) in [6.07, 6.45) is 0. The van der Waals surface area contributed by atoms with Gasteiger partial charge in [0.2, 0.25) is 0 Å². The van der Waals surface area contributed by atoms with Crippen molar-refractivity contribution in [2.75, 3.05) is 0 Å². The van der Waals surface area contributed by atoms with Gasteiger partial charge >= 0.3 is 74.2 Å². The maximum atomic E-state index is 6.00. The van der Waals surface area contributed by atoms with E-state index in [4.69, 9.17) is 3.95 Å². The van der Waals surface area contributed by atoms with Gasteiger partial charge in [-0.15, -0.1) is 0 Å². The minimum absolute atomic E-state index is 1.33. The zero-order valence-electron chi connectivity index (χ0n) is 6.11. The predicted octanol–water partition coefficient (Wildman–Crippen LogP) is 2.59. The molecular formula is C6H12INP2. The molecule has 0 aromatic rings. The van der Waals surface area contributed by atoms with Crippen molar-refractivity contribution in [2.45, 2.75) is 13.8 Å². The fourth-order valence-corrected chi connectivity index (χ4v) is 6.81. The van der Waals surface area contributed by atoms with Crippen molar-refractivity contribution in [1.29, 1.82) is 0 Å². The fraction of sp³-hybridized carbons (Fsp3) is 0.333. The van der Waals surface area contributed by atoms with Crippen molar-refractivity contribution < 1.29 is 0 Å². The number of rotatable bonds is 0. The number of hydrogen-bond donors (Lipinski definition) is 1. The van der Waals surface area contributed by atoms with E-state index in [1.54, 1.807) is 0 Å². The van der Waals surface area contributed by atoms with Crippen LogP contribution in [0.2, 0.25) is 0 Å². The Labute approximate surface area is 74.0 Å². The molecule has 0 spiro atoms. The molecule has 2 N–H and O–H groups in total. The van der Waals surface area contributed by atoms with Crippen LogP contribution in [-0.2, 0) is 0 Å². The molecule has 2 atom stereocenters. The molecule has 1 rings (SSSR count). The third-order valence-corrected chi connectivity index (χ3v) is 9.86. The van der Waals surface area contributed by atoms with Crippen LogP contribution in [0.25, 0.3) is 0 Å². The topological polar surface area (TPSA) is 26.0 Å². The first-order valence-electron chi connectivity index (χ1n) is 2.92. The minimum atomic E-state index is -1.33. The van der Waals surface area contributed by atoms with E-state index in [0.717, 1.165) is 0 Å². The molecule has 1 nitrogen and oxygen atoms in total. The molecule has 0 bridgehead atoms. The molecule has 0 fully saturated rings. The van der Waals surface area contributed by atoms with Crippen LogP contribution < -0.4 is 3.95 Å². The van der Waals surface area contributed by atoms with Crippen LogP contribution in [0.1, 0.15) is 13.8 Å². The van der Waals surface area contributed by atoms with Gasteiger partial charge in [-0.05, 0) is 0 Å². The Balaban J connectivity index is 3.09. The first kappa shape index (κ1) is 9.12. The van der Waals surface area contributed by atoms with Crippen molar-refractivity contribution in [2.24, 2.45) is 3.95 Å². The van der Waals surface area contributed by atoms with E-state index in [0.29, 0.717) is 0 Å². The van der Waals surface area contributed by atoms with E-state index in [1.165, 1.54) is 17.8 Å². The van der Waals surface area contributed by atoms with Gasteiger partial charge in [0.25, 0.3) is 0 Å². The molecule has 58 valence electrons. The van der Waals surface area contributed by atoms with E-state index < -0.39 is 20.1 Å². The summed E-state index contributed by atoms with van der Waals surface area (Å²) in [7, 11) is 5.54. The zero-order valence-corrected chi connectivity index (χ0v) is 10.6. The molecule has 0 saturated carbocycles. The van der Waals surface area contributed by atoms with Gasteiger partial charge in [0, 0.05) is 0 Å². The fourth-order valence-electron chi connectivity index (χ4n) is 0.773. The van der Waals surface area contributed by atoms with Crippen LogP contribution in [-0.4, -0.2) is 0 Å². The van der Waals surface area contributed by atoms with Gasteiger partial charge in [0.15, 0.2) is 0 Å². The van der Waals surface area contributed by atoms with E-state index >= 15 is 0 Å². The first-order valence-corrected chi connectivity index (χ1v) is 7.48. The molecule has 4 heteroatoms. The predicted molar refractivity (Wildman–Crippen MR) is 63.0 cm³/mol. The molecule has 1 heterocycles. The SMILES string of the molecule is CC1=C(P)I(N)C(P)=C1C. The second kappa shape index (κ2) is 3.18. The van der Waals surface area contributed by atoms with Crippen LogP contribution in [0.15, 0.2) is 17.8 Å². The van der Waals surface area contributed by atoms with Crippen LogP contribution >= 0.6 is 38.6 Å². The molecule has 0 aliphatic carbocycles. The summed E-state index contributed by atoms with van der Waals surface area (Å²) < 4.78 is 8.76. The first-order chi connectivity index (χ1) is 4.55. The molecule has 0 aromatic carbocycles. The second-order valence-corrected chi connectivity index (χ2v) is 9.87. The molecule has 0 saturated heterocycles. The van der Waals surface area contributed by atoms with Gasteiger partial charge < -0.3 is 0 Å². The number of hydrogen-bond acceptors (Lipinski definition) is 1. The number of allylic oxidation sites excluding steroid dienone is 2. The Kier molecular flexibility index (Phi) is 2.90. The van der Waals surface area contributed by atoms with Crippen molar-refractivity contribution >= 4 is 38.6 Å². The molecule has 1 aliphatic rings. The normalized spacial score (nSPS) is 23.1. The number of halogens is 1. The summed E-state index contributed by atoms with van der Waals surface area (Å²) >= 11 is -1.33. The summed E-state index contributed by atoms with van der Waals surface area (Å²) in [6.45, 7) is 4.29. The molecule has 0 amide bonds.